The van der Waals surface area contributed by atoms with Crippen molar-refractivity contribution in [1.82, 2.24) is 10.2 Å². The van der Waals surface area contributed by atoms with Crippen LogP contribution in [0.3, 0.4) is 0 Å². The van der Waals surface area contributed by atoms with Crippen LogP contribution in [0.1, 0.15) is 17.5 Å². The van der Waals surface area contributed by atoms with Gasteiger partial charge in [0.25, 0.3) is 0 Å². The minimum absolute atomic E-state index is 0.0655. The van der Waals surface area contributed by atoms with Gasteiger partial charge in [-0.2, -0.15) is 0 Å². The van der Waals surface area contributed by atoms with Gasteiger partial charge in [-0.15, -0.1) is 0 Å². The molecule has 1 aromatic carbocycles. The number of rotatable bonds is 5. The number of carbonyl (C=O) groups excluding carboxylic acids is 1. The number of halogens is 1. The molecule has 6 heteroatoms. The molecule has 1 rings (SSSR count). The predicted molar refractivity (Wildman–Crippen MR) is 73.3 cm³/mol. The van der Waals surface area contributed by atoms with E-state index in [9.17, 15) is 9.59 Å². The van der Waals surface area contributed by atoms with Gasteiger partial charge in [0.05, 0.1) is 6.42 Å². The standard InChI is InChI=1S/C13H17ClN2O3/c1-9-7-10(3-4-11(9)14)8-15-13(19)16(2)6-5-12(17)18/h3-4,7H,5-6,8H2,1-2H3,(H,15,19)(H,17,18). The van der Waals surface area contributed by atoms with Crippen molar-refractivity contribution in [3.63, 3.8) is 0 Å². The van der Waals surface area contributed by atoms with Crippen LogP contribution in [-0.2, 0) is 11.3 Å². The Bertz CT molecular complexity index is 477. The molecule has 0 saturated carbocycles. The van der Waals surface area contributed by atoms with Crippen molar-refractivity contribution in [3.05, 3.63) is 34.3 Å². The molecule has 2 amide bonds. The van der Waals surface area contributed by atoms with Crippen molar-refractivity contribution in [2.75, 3.05) is 13.6 Å². The van der Waals surface area contributed by atoms with Crippen LogP contribution in [0.4, 0.5) is 4.79 Å². The number of carboxylic acids is 1. The topological polar surface area (TPSA) is 69.6 Å². The fraction of sp³-hybridized carbons (Fsp3) is 0.385. The van der Waals surface area contributed by atoms with Crippen LogP contribution in [0.15, 0.2) is 18.2 Å². The summed E-state index contributed by atoms with van der Waals surface area (Å²) in [4.78, 5) is 23.4. The van der Waals surface area contributed by atoms with Crippen LogP contribution in [0, 0.1) is 6.92 Å². The number of aryl methyl sites for hydroxylation is 1. The zero-order chi connectivity index (χ0) is 14.4. The van der Waals surface area contributed by atoms with Gasteiger partial charge in [-0.1, -0.05) is 23.7 Å². The predicted octanol–water partition coefficient (Wildman–Crippen LogP) is 2.26. The Hall–Kier alpha value is -1.75. The minimum Gasteiger partial charge on any atom is -0.481 e. The van der Waals surface area contributed by atoms with Gasteiger partial charge in [0.2, 0.25) is 0 Å². The van der Waals surface area contributed by atoms with Gasteiger partial charge < -0.3 is 15.3 Å². The lowest BCUT2D eigenvalue weighted by Gasteiger charge is -2.17. The zero-order valence-corrected chi connectivity index (χ0v) is 11.7. The fourth-order valence-electron chi connectivity index (χ4n) is 1.49. The molecule has 0 saturated heterocycles. The molecule has 0 radical (unpaired) electrons. The Morgan fingerprint density at radius 1 is 1.42 bits per heavy atom. The van der Waals surface area contributed by atoms with Gasteiger partial charge in [-0.25, -0.2) is 4.79 Å². The summed E-state index contributed by atoms with van der Waals surface area (Å²) in [5.74, 6) is -0.923. The lowest BCUT2D eigenvalue weighted by Crippen LogP contribution is -2.37. The first-order valence-electron chi connectivity index (χ1n) is 5.86. The third-order valence-electron chi connectivity index (χ3n) is 2.67. The first-order valence-corrected chi connectivity index (χ1v) is 6.23. The van der Waals surface area contributed by atoms with Crippen molar-refractivity contribution in [2.24, 2.45) is 0 Å². The molecule has 19 heavy (non-hydrogen) atoms. The molecule has 0 aliphatic heterocycles. The van der Waals surface area contributed by atoms with E-state index in [1.54, 1.807) is 13.1 Å². The maximum atomic E-state index is 11.7. The van der Waals surface area contributed by atoms with Crippen molar-refractivity contribution < 1.29 is 14.7 Å². The number of nitrogens with zero attached hydrogens (tertiary/aromatic N) is 1. The van der Waals surface area contributed by atoms with E-state index in [0.29, 0.717) is 11.6 Å². The molecule has 0 heterocycles. The summed E-state index contributed by atoms with van der Waals surface area (Å²) in [7, 11) is 1.56. The highest BCUT2D eigenvalue weighted by molar-refractivity contribution is 6.31. The molecule has 0 bridgehead atoms. The zero-order valence-electron chi connectivity index (χ0n) is 10.9. The molecule has 2 N–H and O–H groups in total. The van der Waals surface area contributed by atoms with Crippen LogP contribution in [0.5, 0.6) is 0 Å². The van der Waals surface area contributed by atoms with Gasteiger partial charge in [0.1, 0.15) is 0 Å². The Morgan fingerprint density at radius 2 is 2.11 bits per heavy atom. The summed E-state index contributed by atoms with van der Waals surface area (Å²) >= 11 is 5.91. The number of hydrogen-bond donors (Lipinski definition) is 2. The van der Waals surface area contributed by atoms with Gasteiger partial charge in [0.15, 0.2) is 0 Å². The molecule has 0 fully saturated rings. The van der Waals surface area contributed by atoms with Gasteiger partial charge in [0, 0.05) is 25.2 Å². The van der Waals surface area contributed by atoms with Crippen molar-refractivity contribution in [2.45, 2.75) is 19.9 Å². The molecule has 0 atom stereocenters. The molecule has 0 unspecified atom stereocenters. The van der Waals surface area contributed by atoms with Crippen molar-refractivity contribution >= 4 is 23.6 Å². The Kier molecular flexibility index (Phi) is 5.63. The molecular weight excluding hydrogens is 268 g/mol. The fourth-order valence-corrected chi connectivity index (χ4v) is 1.61. The normalized spacial score (nSPS) is 10.1. The number of carbonyl (C=O) groups is 2. The summed E-state index contributed by atoms with van der Waals surface area (Å²) in [6, 6.07) is 5.23. The Morgan fingerprint density at radius 3 is 2.68 bits per heavy atom. The smallest absolute Gasteiger partial charge is 0.317 e. The number of benzene rings is 1. The highest BCUT2D eigenvalue weighted by atomic mass is 35.5. The Labute approximate surface area is 117 Å². The number of amides is 2. The Balaban J connectivity index is 2.44. The lowest BCUT2D eigenvalue weighted by atomic mass is 10.1. The van der Waals surface area contributed by atoms with Crippen LogP contribution in [0.2, 0.25) is 5.02 Å². The van der Waals surface area contributed by atoms with E-state index >= 15 is 0 Å². The second kappa shape index (κ2) is 6.99. The summed E-state index contributed by atoms with van der Waals surface area (Å²) in [5, 5.41) is 11.9. The highest BCUT2D eigenvalue weighted by Crippen LogP contribution is 2.16. The molecule has 0 aliphatic carbocycles. The second-order valence-corrected chi connectivity index (χ2v) is 4.71. The maximum absolute atomic E-state index is 11.7. The number of carboxylic acid groups (broad SMARTS) is 1. The summed E-state index contributed by atoms with van der Waals surface area (Å²) in [6.45, 7) is 2.46. The van der Waals surface area contributed by atoms with Crippen molar-refractivity contribution in [3.8, 4) is 0 Å². The average molecular weight is 285 g/mol. The van der Waals surface area contributed by atoms with E-state index in [2.05, 4.69) is 5.32 Å². The van der Waals surface area contributed by atoms with Crippen LogP contribution >= 0.6 is 11.6 Å². The highest BCUT2D eigenvalue weighted by Gasteiger charge is 2.09. The minimum atomic E-state index is -0.923. The first-order chi connectivity index (χ1) is 8.90. The summed E-state index contributed by atoms with van der Waals surface area (Å²) in [6.07, 6.45) is -0.0655. The lowest BCUT2D eigenvalue weighted by molar-refractivity contribution is -0.137. The van der Waals surface area contributed by atoms with Crippen LogP contribution < -0.4 is 5.32 Å². The number of nitrogens with one attached hydrogen (secondary N) is 1. The number of aliphatic carboxylic acids is 1. The van der Waals surface area contributed by atoms with Crippen molar-refractivity contribution in [1.29, 1.82) is 0 Å². The van der Waals surface area contributed by atoms with E-state index in [0.717, 1.165) is 11.1 Å². The van der Waals surface area contributed by atoms with E-state index in [4.69, 9.17) is 16.7 Å². The summed E-state index contributed by atoms with van der Waals surface area (Å²) in [5.41, 5.74) is 1.90. The van der Waals surface area contributed by atoms with E-state index < -0.39 is 5.97 Å². The molecule has 1 aromatic rings. The van der Waals surface area contributed by atoms with Crippen LogP contribution in [-0.4, -0.2) is 35.6 Å². The van der Waals surface area contributed by atoms with Crippen LogP contribution in [0.25, 0.3) is 0 Å². The maximum Gasteiger partial charge on any atom is 0.317 e. The monoisotopic (exact) mass is 284 g/mol. The molecule has 5 nitrogen and oxygen atoms in total. The SMILES string of the molecule is Cc1cc(CNC(=O)N(C)CCC(=O)O)ccc1Cl. The number of urea groups is 1. The second-order valence-electron chi connectivity index (χ2n) is 4.31. The third kappa shape index (κ3) is 5.18. The quantitative estimate of drug-likeness (QED) is 0.871. The van der Waals surface area contributed by atoms with Gasteiger partial charge in [-0.05, 0) is 24.1 Å². The third-order valence-corrected chi connectivity index (χ3v) is 3.10. The molecule has 0 aliphatic rings. The van der Waals surface area contributed by atoms with E-state index in [1.807, 2.05) is 19.1 Å². The summed E-state index contributed by atoms with van der Waals surface area (Å²) < 4.78 is 0. The van der Waals surface area contributed by atoms with E-state index in [1.165, 1.54) is 4.90 Å². The molecular formula is C13H17ClN2O3. The average Bonchev–Trinajstić information content (AvgIpc) is 2.36. The van der Waals surface area contributed by atoms with Gasteiger partial charge in [-0.3, -0.25) is 4.79 Å². The molecule has 0 spiro atoms. The largest absolute Gasteiger partial charge is 0.481 e. The van der Waals surface area contributed by atoms with E-state index in [-0.39, 0.29) is 19.0 Å². The molecule has 104 valence electrons. The first kappa shape index (κ1) is 15.3. The number of hydrogen-bond acceptors (Lipinski definition) is 2. The molecule has 0 aromatic heterocycles. The van der Waals surface area contributed by atoms with Gasteiger partial charge >= 0.3 is 12.0 Å².